The second kappa shape index (κ2) is 7.73. The molecule has 0 saturated heterocycles. The minimum absolute atomic E-state index is 0.0488. The third-order valence-electron chi connectivity index (χ3n) is 4.19. The lowest BCUT2D eigenvalue weighted by Gasteiger charge is -2.36. The molecule has 0 aliphatic heterocycles. The van der Waals surface area contributed by atoms with Gasteiger partial charge < -0.3 is 4.74 Å². The summed E-state index contributed by atoms with van der Waals surface area (Å²) in [6.07, 6.45) is 0. The van der Waals surface area contributed by atoms with E-state index in [9.17, 15) is 4.79 Å². The van der Waals surface area contributed by atoms with Gasteiger partial charge in [-0.05, 0) is 13.8 Å². The lowest BCUT2D eigenvalue weighted by atomic mass is 10.0. The van der Waals surface area contributed by atoms with Crippen molar-refractivity contribution >= 4 is 28.9 Å². The van der Waals surface area contributed by atoms with Gasteiger partial charge in [-0.3, -0.25) is 0 Å². The average molecular weight is 333 g/mol. The van der Waals surface area contributed by atoms with E-state index in [1.54, 1.807) is 7.11 Å². The lowest BCUT2D eigenvalue weighted by molar-refractivity contribution is -0.125. The molecule has 0 aliphatic carbocycles. The summed E-state index contributed by atoms with van der Waals surface area (Å²) < 4.78 is 5.38. The number of nitrogens with zero attached hydrogens (tertiary/aromatic N) is 1. The normalized spacial score (nSPS) is 13.6. The zero-order chi connectivity index (χ0) is 16.9. The van der Waals surface area contributed by atoms with E-state index in [0.29, 0.717) is 13.2 Å². The first-order chi connectivity index (χ1) is 11.1. The molecule has 0 N–H and O–H groups in total. The second-order valence-electron chi connectivity index (χ2n) is 5.63. The zero-order valence-corrected chi connectivity index (χ0v) is 14.6. The molecular formula is C19H23ClNO2+. The van der Waals surface area contributed by atoms with E-state index in [4.69, 9.17) is 16.3 Å². The van der Waals surface area contributed by atoms with E-state index in [2.05, 4.69) is 0 Å². The molecule has 0 radical (unpaired) electrons. The summed E-state index contributed by atoms with van der Waals surface area (Å²) in [7, 11) is 1.65. The second-order valence-corrected chi connectivity index (χ2v) is 5.90. The molecule has 2 aromatic rings. The van der Waals surface area contributed by atoms with Gasteiger partial charge in [0, 0.05) is 30.4 Å². The molecule has 2 aromatic carbocycles. The Kier molecular flexibility index (Phi) is 5.94. The molecule has 1 atom stereocenters. The molecule has 1 unspecified atom stereocenters. The average Bonchev–Trinajstić information content (AvgIpc) is 2.57. The van der Waals surface area contributed by atoms with Crippen LogP contribution in [0.4, 0.5) is 11.4 Å². The number of alkyl halides is 1. The molecule has 2 rings (SSSR count). The van der Waals surface area contributed by atoms with Crippen molar-refractivity contribution in [3.63, 3.8) is 0 Å². The van der Waals surface area contributed by atoms with Crippen LogP contribution in [0.5, 0.6) is 0 Å². The zero-order valence-electron chi connectivity index (χ0n) is 13.9. The van der Waals surface area contributed by atoms with E-state index in [1.165, 1.54) is 0 Å². The van der Waals surface area contributed by atoms with Gasteiger partial charge in [0.2, 0.25) is 0 Å². The highest BCUT2D eigenvalue weighted by Gasteiger charge is 2.42. The summed E-state index contributed by atoms with van der Waals surface area (Å²) in [5.41, 5.74) is 4.04. The van der Waals surface area contributed by atoms with Crippen LogP contribution in [0.2, 0.25) is 0 Å². The van der Waals surface area contributed by atoms with E-state index < -0.39 is 0 Å². The van der Waals surface area contributed by atoms with Crippen molar-refractivity contribution in [3.8, 4) is 0 Å². The molecule has 0 aliphatic rings. The van der Waals surface area contributed by atoms with Gasteiger partial charge >= 0.3 is 5.91 Å². The predicted octanol–water partition coefficient (Wildman–Crippen LogP) is 4.35. The van der Waals surface area contributed by atoms with E-state index in [1.807, 2.05) is 62.4 Å². The Labute approximate surface area is 143 Å². The third-order valence-corrected chi connectivity index (χ3v) is 4.42. The Morgan fingerprint density at radius 3 is 2.17 bits per heavy atom. The molecule has 0 saturated carbocycles. The Hall–Kier alpha value is -1.68. The molecule has 0 fully saturated rings. The van der Waals surface area contributed by atoms with Gasteiger partial charge in [0.15, 0.2) is 5.69 Å². The van der Waals surface area contributed by atoms with E-state index in [0.717, 1.165) is 22.5 Å². The quantitative estimate of drug-likeness (QED) is 0.580. The SMILES string of the molecule is COCC[N+](C(=O)CCl)(c1ccccc1)c1c(C)cccc1C. The molecule has 4 heteroatoms. The fourth-order valence-electron chi connectivity index (χ4n) is 3.18. The molecular weight excluding hydrogens is 310 g/mol. The molecule has 1 amide bonds. The van der Waals surface area contributed by atoms with Crippen LogP contribution < -0.4 is 4.48 Å². The molecule has 0 bridgehead atoms. The summed E-state index contributed by atoms with van der Waals surface area (Å²) in [6.45, 7) is 5.04. The molecule has 23 heavy (non-hydrogen) atoms. The van der Waals surface area contributed by atoms with Crippen LogP contribution in [-0.4, -0.2) is 32.0 Å². The van der Waals surface area contributed by atoms with Gasteiger partial charge in [0.25, 0.3) is 0 Å². The van der Waals surface area contributed by atoms with Crippen LogP contribution >= 0.6 is 11.6 Å². The first kappa shape index (κ1) is 17.7. The van der Waals surface area contributed by atoms with Crippen LogP contribution in [0.3, 0.4) is 0 Å². The monoisotopic (exact) mass is 332 g/mol. The maximum Gasteiger partial charge on any atom is 0.338 e. The molecule has 122 valence electrons. The molecule has 0 spiro atoms. The number of aryl methyl sites for hydroxylation is 2. The number of para-hydroxylation sites is 2. The smallest absolute Gasteiger partial charge is 0.338 e. The predicted molar refractivity (Wildman–Crippen MR) is 96.3 cm³/mol. The maximum atomic E-state index is 13.0. The van der Waals surface area contributed by atoms with Gasteiger partial charge in [0.05, 0.1) is 6.61 Å². The largest absolute Gasteiger partial charge is 0.379 e. The van der Waals surface area contributed by atoms with Crippen molar-refractivity contribution in [1.29, 1.82) is 0 Å². The summed E-state index contributed by atoms with van der Waals surface area (Å²) >= 11 is 6.01. The number of methoxy groups -OCH3 is 1. The first-order valence-corrected chi connectivity index (χ1v) is 8.20. The topological polar surface area (TPSA) is 26.3 Å². The number of benzene rings is 2. The van der Waals surface area contributed by atoms with Crippen molar-refractivity contribution in [2.24, 2.45) is 0 Å². The molecule has 3 nitrogen and oxygen atoms in total. The van der Waals surface area contributed by atoms with Crippen molar-refractivity contribution in [2.75, 3.05) is 26.1 Å². The third kappa shape index (κ3) is 3.32. The Balaban J connectivity index is 2.79. The van der Waals surface area contributed by atoms with E-state index >= 15 is 0 Å². The number of halogens is 1. The summed E-state index contributed by atoms with van der Waals surface area (Å²) in [5.74, 6) is -0.0980. The van der Waals surface area contributed by atoms with Gasteiger partial charge in [0.1, 0.15) is 18.1 Å². The van der Waals surface area contributed by atoms with Crippen molar-refractivity contribution < 1.29 is 9.53 Å². The van der Waals surface area contributed by atoms with Crippen LogP contribution in [0.15, 0.2) is 48.5 Å². The molecule has 0 aromatic heterocycles. The fraction of sp³-hybridized carbons (Fsp3) is 0.316. The fourth-order valence-corrected chi connectivity index (χ4v) is 3.39. The Bertz CT molecular complexity index is 652. The van der Waals surface area contributed by atoms with E-state index in [-0.39, 0.29) is 16.3 Å². The number of rotatable bonds is 6. The van der Waals surface area contributed by atoms with Crippen LogP contribution in [0, 0.1) is 13.8 Å². The number of quaternary nitrogens is 1. The lowest BCUT2D eigenvalue weighted by Crippen LogP contribution is -2.53. The van der Waals surface area contributed by atoms with Crippen molar-refractivity contribution in [1.82, 2.24) is 4.48 Å². The summed E-state index contributed by atoms with van der Waals surface area (Å²) in [6, 6.07) is 15.9. The highest BCUT2D eigenvalue weighted by Crippen LogP contribution is 2.39. The highest BCUT2D eigenvalue weighted by atomic mass is 35.5. The van der Waals surface area contributed by atoms with Gasteiger partial charge in [-0.2, -0.15) is 4.48 Å². The minimum Gasteiger partial charge on any atom is -0.379 e. The number of ether oxygens (including phenoxy) is 1. The highest BCUT2D eigenvalue weighted by molar-refractivity contribution is 6.29. The van der Waals surface area contributed by atoms with Crippen molar-refractivity contribution in [2.45, 2.75) is 13.8 Å². The summed E-state index contributed by atoms with van der Waals surface area (Å²) in [4.78, 5) is 13.0. The van der Waals surface area contributed by atoms with Gasteiger partial charge in [-0.1, -0.05) is 36.4 Å². The van der Waals surface area contributed by atoms with Crippen LogP contribution in [0.1, 0.15) is 11.1 Å². The first-order valence-electron chi connectivity index (χ1n) is 7.66. The minimum atomic E-state index is -0.0492. The number of hydrogen-bond donors (Lipinski definition) is 0. The Morgan fingerprint density at radius 1 is 1.04 bits per heavy atom. The van der Waals surface area contributed by atoms with Crippen LogP contribution in [-0.2, 0) is 9.53 Å². The van der Waals surface area contributed by atoms with Gasteiger partial charge in [-0.25, -0.2) is 4.79 Å². The van der Waals surface area contributed by atoms with Gasteiger partial charge in [-0.15, -0.1) is 11.6 Å². The number of carbonyl (C=O) groups excluding carboxylic acids is 1. The number of amides is 1. The van der Waals surface area contributed by atoms with Crippen LogP contribution in [0.25, 0.3) is 0 Å². The van der Waals surface area contributed by atoms with Crippen molar-refractivity contribution in [3.05, 3.63) is 59.7 Å². The Morgan fingerprint density at radius 2 is 1.65 bits per heavy atom. The number of carbonyl (C=O) groups is 1. The number of hydrogen-bond acceptors (Lipinski definition) is 2. The standard InChI is InChI=1S/C19H23ClNO2/c1-15-8-7-9-16(2)19(15)21(12-13-23-3,18(22)14-20)17-10-5-4-6-11-17/h4-11H,12-14H2,1-3H3/q+1. The summed E-state index contributed by atoms with van der Waals surface area (Å²) in [5, 5.41) is 0. The maximum absolute atomic E-state index is 13.0. The molecule has 0 heterocycles.